The predicted octanol–water partition coefficient (Wildman–Crippen LogP) is 2.41. The Morgan fingerprint density at radius 3 is 2.46 bits per heavy atom. The van der Waals surface area contributed by atoms with Gasteiger partial charge in [0.05, 0.1) is 12.1 Å². The molecule has 0 bridgehead atoms. The van der Waals surface area contributed by atoms with Gasteiger partial charge in [-0.15, -0.1) is 0 Å². The molecule has 2 heteroatoms. The average molecular weight is 180 g/mol. The van der Waals surface area contributed by atoms with Gasteiger partial charge in [-0.25, -0.2) is 0 Å². The fourth-order valence-corrected chi connectivity index (χ4v) is 1.91. The average Bonchev–Trinajstić information content (AvgIpc) is 2.09. The summed E-state index contributed by atoms with van der Waals surface area (Å²) in [6.07, 6.45) is 5.10. The Morgan fingerprint density at radius 1 is 1.46 bits per heavy atom. The van der Waals surface area contributed by atoms with Gasteiger partial charge in [0.2, 0.25) is 0 Å². The van der Waals surface area contributed by atoms with Crippen LogP contribution in [0.5, 0.6) is 0 Å². The van der Waals surface area contributed by atoms with Crippen molar-refractivity contribution >= 4 is 0 Å². The molecule has 13 heavy (non-hydrogen) atoms. The summed E-state index contributed by atoms with van der Waals surface area (Å²) in [7, 11) is 0. The molecule has 1 aliphatic rings. The third kappa shape index (κ3) is 2.70. The van der Waals surface area contributed by atoms with E-state index >= 15 is 0 Å². The van der Waals surface area contributed by atoms with Crippen LogP contribution in [0.4, 0.5) is 0 Å². The highest BCUT2D eigenvalue weighted by molar-refractivity contribution is 4.91. The number of nitrogens with zero attached hydrogens (tertiary/aromatic N) is 2. The molecule has 74 valence electrons. The molecular formula is C11H20N2. The van der Waals surface area contributed by atoms with E-state index in [-0.39, 0.29) is 6.04 Å². The zero-order valence-electron chi connectivity index (χ0n) is 8.79. The van der Waals surface area contributed by atoms with Crippen molar-refractivity contribution < 1.29 is 0 Å². The molecule has 0 spiro atoms. The van der Waals surface area contributed by atoms with Gasteiger partial charge in [-0.1, -0.05) is 20.3 Å². The van der Waals surface area contributed by atoms with E-state index in [0.29, 0.717) is 0 Å². The largest absolute Gasteiger partial charge is 0.288 e. The molecule has 1 atom stereocenters. The van der Waals surface area contributed by atoms with Crippen molar-refractivity contribution in [1.29, 1.82) is 5.26 Å². The van der Waals surface area contributed by atoms with Crippen molar-refractivity contribution in [1.82, 2.24) is 4.90 Å². The first-order valence-electron chi connectivity index (χ1n) is 5.45. The summed E-state index contributed by atoms with van der Waals surface area (Å²) in [6.45, 7) is 6.40. The molecule has 1 unspecified atom stereocenters. The topological polar surface area (TPSA) is 27.0 Å². The van der Waals surface area contributed by atoms with E-state index in [9.17, 15) is 0 Å². The molecule has 2 nitrogen and oxygen atoms in total. The number of rotatable bonds is 5. The van der Waals surface area contributed by atoms with Crippen molar-refractivity contribution in [3.63, 3.8) is 0 Å². The molecule has 0 amide bonds. The molecule has 0 saturated heterocycles. The van der Waals surface area contributed by atoms with Crippen LogP contribution >= 0.6 is 0 Å². The van der Waals surface area contributed by atoms with E-state index in [1.54, 1.807) is 0 Å². The maximum atomic E-state index is 8.94. The van der Waals surface area contributed by atoms with Crippen LogP contribution in [0.3, 0.4) is 0 Å². The first-order valence-corrected chi connectivity index (χ1v) is 5.45. The second-order valence-corrected chi connectivity index (χ2v) is 3.94. The van der Waals surface area contributed by atoms with Gasteiger partial charge in [-0.2, -0.15) is 5.26 Å². The van der Waals surface area contributed by atoms with Crippen LogP contribution in [0, 0.1) is 17.2 Å². The van der Waals surface area contributed by atoms with Gasteiger partial charge in [0.15, 0.2) is 0 Å². The number of nitriles is 1. The van der Waals surface area contributed by atoms with Crippen molar-refractivity contribution in [2.45, 2.75) is 45.6 Å². The summed E-state index contributed by atoms with van der Waals surface area (Å²) < 4.78 is 0. The lowest BCUT2D eigenvalue weighted by Gasteiger charge is -2.33. The minimum absolute atomic E-state index is 0.144. The van der Waals surface area contributed by atoms with E-state index in [4.69, 9.17) is 5.26 Å². The lowest BCUT2D eigenvalue weighted by molar-refractivity contribution is 0.159. The second kappa shape index (κ2) is 5.24. The molecule has 0 aliphatic heterocycles. The van der Waals surface area contributed by atoms with E-state index < -0.39 is 0 Å². The van der Waals surface area contributed by atoms with Gasteiger partial charge in [0.1, 0.15) is 0 Å². The van der Waals surface area contributed by atoms with Gasteiger partial charge in [0.25, 0.3) is 0 Å². The van der Waals surface area contributed by atoms with Gasteiger partial charge in [-0.3, -0.25) is 4.90 Å². The minimum Gasteiger partial charge on any atom is -0.288 e. The maximum absolute atomic E-state index is 8.94. The third-order valence-corrected chi connectivity index (χ3v) is 3.10. The molecule has 0 N–H and O–H groups in total. The molecule has 1 fully saturated rings. The molecule has 0 aromatic heterocycles. The van der Waals surface area contributed by atoms with E-state index in [1.807, 2.05) is 0 Å². The van der Waals surface area contributed by atoms with Gasteiger partial charge < -0.3 is 0 Å². The third-order valence-electron chi connectivity index (χ3n) is 3.10. The highest BCUT2D eigenvalue weighted by atomic mass is 15.1. The fraction of sp³-hybridized carbons (Fsp3) is 0.909. The zero-order valence-corrected chi connectivity index (χ0v) is 8.79. The van der Waals surface area contributed by atoms with Crippen molar-refractivity contribution in [2.75, 3.05) is 13.1 Å². The van der Waals surface area contributed by atoms with E-state index in [2.05, 4.69) is 24.8 Å². The fourth-order valence-electron chi connectivity index (χ4n) is 1.91. The lowest BCUT2D eigenvalue weighted by atomic mass is 9.85. The molecule has 0 radical (unpaired) electrons. The maximum Gasteiger partial charge on any atom is 0.0975 e. The molecule has 0 aromatic rings. The van der Waals surface area contributed by atoms with E-state index in [1.165, 1.54) is 19.3 Å². The highest BCUT2D eigenvalue weighted by Crippen LogP contribution is 2.27. The summed E-state index contributed by atoms with van der Waals surface area (Å²) in [5, 5.41) is 8.94. The second-order valence-electron chi connectivity index (χ2n) is 3.94. The van der Waals surface area contributed by atoms with Crippen LogP contribution in [0.2, 0.25) is 0 Å². The number of hydrogen-bond donors (Lipinski definition) is 0. The summed E-state index contributed by atoms with van der Waals surface area (Å²) in [5.41, 5.74) is 0. The van der Waals surface area contributed by atoms with Crippen LogP contribution in [0.25, 0.3) is 0 Å². The predicted molar refractivity (Wildman–Crippen MR) is 54.3 cm³/mol. The first kappa shape index (κ1) is 10.5. The van der Waals surface area contributed by atoms with Crippen LogP contribution in [-0.2, 0) is 0 Å². The normalized spacial score (nSPS) is 19.5. The summed E-state index contributed by atoms with van der Waals surface area (Å²) in [4.78, 5) is 2.32. The Morgan fingerprint density at radius 2 is 2.15 bits per heavy atom. The Kier molecular flexibility index (Phi) is 4.24. The van der Waals surface area contributed by atoms with E-state index in [0.717, 1.165) is 25.4 Å². The summed E-state index contributed by atoms with van der Waals surface area (Å²) in [5.74, 6) is 0.877. The van der Waals surface area contributed by atoms with Crippen LogP contribution in [-0.4, -0.2) is 24.0 Å². The SMILES string of the molecule is CCC(C#N)N(CC)CC1CCC1. The Labute approximate surface area is 81.5 Å². The Bertz CT molecular complexity index is 179. The quantitative estimate of drug-likeness (QED) is 0.649. The minimum atomic E-state index is 0.144. The monoisotopic (exact) mass is 180 g/mol. The summed E-state index contributed by atoms with van der Waals surface area (Å²) in [6, 6.07) is 2.53. The van der Waals surface area contributed by atoms with Gasteiger partial charge >= 0.3 is 0 Å². The van der Waals surface area contributed by atoms with Gasteiger partial charge in [-0.05, 0) is 31.7 Å². The molecule has 1 rings (SSSR count). The van der Waals surface area contributed by atoms with Crippen molar-refractivity contribution in [2.24, 2.45) is 5.92 Å². The molecule has 1 aliphatic carbocycles. The van der Waals surface area contributed by atoms with Crippen molar-refractivity contribution in [3.05, 3.63) is 0 Å². The van der Waals surface area contributed by atoms with Gasteiger partial charge in [0, 0.05) is 6.54 Å². The molecular weight excluding hydrogens is 160 g/mol. The van der Waals surface area contributed by atoms with Crippen LogP contribution in [0.1, 0.15) is 39.5 Å². The standard InChI is InChI=1S/C11H20N2/c1-3-11(8-12)13(4-2)9-10-6-5-7-10/h10-11H,3-7,9H2,1-2H3. The summed E-state index contributed by atoms with van der Waals surface area (Å²) >= 11 is 0. The first-order chi connectivity index (χ1) is 6.31. The highest BCUT2D eigenvalue weighted by Gasteiger charge is 2.23. The Hall–Kier alpha value is -0.550. The van der Waals surface area contributed by atoms with Crippen molar-refractivity contribution in [3.8, 4) is 6.07 Å². The van der Waals surface area contributed by atoms with Crippen LogP contribution in [0.15, 0.2) is 0 Å². The molecule has 0 heterocycles. The molecule has 0 aromatic carbocycles. The smallest absolute Gasteiger partial charge is 0.0975 e. The number of hydrogen-bond acceptors (Lipinski definition) is 2. The lowest BCUT2D eigenvalue weighted by Crippen LogP contribution is -2.39. The zero-order chi connectivity index (χ0) is 9.68. The molecule has 1 saturated carbocycles. The Balaban J connectivity index is 2.36. The van der Waals surface area contributed by atoms with Crippen LogP contribution < -0.4 is 0 Å².